The minimum absolute atomic E-state index is 0.0858. The number of non-ortho nitro benzene ring substituents is 1. The second-order valence-electron chi connectivity index (χ2n) is 5.01. The minimum Gasteiger partial charge on any atom is -0.496 e. The molecule has 0 spiro atoms. The van der Waals surface area contributed by atoms with Crippen molar-refractivity contribution in [1.29, 1.82) is 0 Å². The van der Waals surface area contributed by atoms with Crippen molar-refractivity contribution < 1.29 is 22.8 Å². The topological polar surface area (TPSA) is 64.4 Å². The van der Waals surface area contributed by atoms with E-state index in [2.05, 4.69) is 5.32 Å². The Morgan fingerprint density at radius 2 is 1.96 bits per heavy atom. The summed E-state index contributed by atoms with van der Waals surface area (Å²) in [5, 5.41) is 13.9. The number of nitrogens with one attached hydrogen (secondary N) is 1. The molecule has 2 aromatic rings. The molecule has 5 nitrogen and oxygen atoms in total. The number of nitro benzene ring substituents is 1. The molecule has 0 saturated carbocycles. The van der Waals surface area contributed by atoms with E-state index < -0.39 is 16.9 Å². The molecule has 0 heterocycles. The second kappa shape index (κ2) is 8.11. The van der Waals surface area contributed by atoms with Crippen LogP contribution in [0, 0.1) is 10.1 Å². The number of alkyl halides is 3. The van der Waals surface area contributed by atoms with Gasteiger partial charge in [0.1, 0.15) is 5.75 Å². The molecule has 9 heteroatoms. The van der Waals surface area contributed by atoms with Crippen LogP contribution in [0.4, 0.5) is 24.5 Å². The van der Waals surface area contributed by atoms with Gasteiger partial charge in [0.2, 0.25) is 0 Å². The number of hydrogen-bond acceptors (Lipinski definition) is 5. The molecule has 0 fully saturated rings. The summed E-state index contributed by atoms with van der Waals surface area (Å²) in [5.74, 6) is -0.537. The zero-order chi connectivity index (χ0) is 18.4. The average Bonchev–Trinajstić information content (AvgIpc) is 2.57. The van der Waals surface area contributed by atoms with Crippen LogP contribution >= 0.6 is 11.8 Å². The highest BCUT2D eigenvalue weighted by molar-refractivity contribution is 7.99. The molecule has 2 rings (SSSR count). The number of methoxy groups -OCH3 is 1. The highest BCUT2D eigenvalue weighted by atomic mass is 32.2. The Bertz CT molecular complexity index is 754. The lowest BCUT2D eigenvalue weighted by Crippen LogP contribution is -2.11. The molecule has 0 aliphatic heterocycles. The van der Waals surface area contributed by atoms with Crippen LogP contribution < -0.4 is 10.1 Å². The summed E-state index contributed by atoms with van der Waals surface area (Å²) in [6.45, 7) is 0.175. The third kappa shape index (κ3) is 5.56. The van der Waals surface area contributed by atoms with Crippen molar-refractivity contribution in [2.24, 2.45) is 0 Å². The van der Waals surface area contributed by atoms with Crippen LogP contribution in [0.15, 0.2) is 47.4 Å². The molecular weight excluding hydrogens is 357 g/mol. The van der Waals surface area contributed by atoms with Gasteiger partial charge in [0.25, 0.3) is 5.69 Å². The first-order valence-corrected chi connectivity index (χ1v) is 8.12. The maximum Gasteiger partial charge on any atom is 0.398 e. The number of thioether (sulfide) groups is 1. The molecule has 0 atom stereocenters. The van der Waals surface area contributed by atoms with E-state index >= 15 is 0 Å². The van der Waals surface area contributed by atoms with E-state index in [0.29, 0.717) is 33.7 Å². The average molecular weight is 372 g/mol. The Balaban J connectivity index is 2.16. The summed E-state index contributed by atoms with van der Waals surface area (Å²) in [6.07, 6.45) is -4.26. The largest absolute Gasteiger partial charge is 0.496 e. The van der Waals surface area contributed by atoms with Gasteiger partial charge in [-0.1, -0.05) is 12.1 Å². The van der Waals surface area contributed by atoms with Gasteiger partial charge in [0, 0.05) is 34.8 Å². The molecule has 0 aliphatic rings. The van der Waals surface area contributed by atoms with Gasteiger partial charge in [-0.05, 0) is 18.2 Å². The first-order valence-electron chi connectivity index (χ1n) is 7.14. The van der Waals surface area contributed by atoms with Crippen molar-refractivity contribution in [3.63, 3.8) is 0 Å². The third-order valence-electron chi connectivity index (χ3n) is 3.22. The molecule has 25 heavy (non-hydrogen) atoms. The summed E-state index contributed by atoms with van der Waals surface area (Å²) < 4.78 is 42.4. The Morgan fingerprint density at radius 3 is 2.60 bits per heavy atom. The Labute approximate surface area is 146 Å². The Kier molecular flexibility index (Phi) is 6.13. The van der Waals surface area contributed by atoms with Crippen molar-refractivity contribution in [2.45, 2.75) is 17.6 Å². The van der Waals surface area contributed by atoms with Gasteiger partial charge in [0.15, 0.2) is 0 Å². The molecule has 0 amide bonds. The predicted octanol–water partition coefficient (Wildman–Crippen LogP) is 4.87. The molecule has 0 radical (unpaired) electrons. The fourth-order valence-electron chi connectivity index (χ4n) is 2.11. The van der Waals surface area contributed by atoms with Crippen LogP contribution in [0.1, 0.15) is 5.56 Å². The third-order valence-corrected chi connectivity index (χ3v) is 4.36. The molecular formula is C16H15F3N2O3S. The molecule has 0 bridgehead atoms. The van der Waals surface area contributed by atoms with Crippen LogP contribution in [-0.2, 0) is 6.54 Å². The number of nitro groups is 1. The highest BCUT2D eigenvalue weighted by Crippen LogP contribution is 2.33. The zero-order valence-electron chi connectivity index (χ0n) is 13.2. The van der Waals surface area contributed by atoms with Gasteiger partial charge in [-0.3, -0.25) is 10.1 Å². The Morgan fingerprint density at radius 1 is 1.24 bits per heavy atom. The first kappa shape index (κ1) is 18.9. The molecule has 2 aromatic carbocycles. The lowest BCUT2D eigenvalue weighted by atomic mass is 10.1. The van der Waals surface area contributed by atoms with Gasteiger partial charge < -0.3 is 10.1 Å². The van der Waals surface area contributed by atoms with Crippen LogP contribution in [0.5, 0.6) is 5.75 Å². The number of para-hydroxylation sites is 1. The van der Waals surface area contributed by atoms with Crippen LogP contribution in [0.3, 0.4) is 0 Å². The molecule has 0 unspecified atom stereocenters. The number of ether oxygens (including phenoxy) is 1. The van der Waals surface area contributed by atoms with Crippen LogP contribution in [-0.4, -0.2) is 24.0 Å². The molecule has 0 aliphatic carbocycles. The number of hydrogen-bond donors (Lipinski definition) is 1. The number of rotatable bonds is 7. The van der Waals surface area contributed by atoms with E-state index in [-0.39, 0.29) is 12.2 Å². The fraction of sp³-hybridized carbons (Fsp3) is 0.250. The highest BCUT2D eigenvalue weighted by Gasteiger charge is 2.27. The standard InChI is InChI=1S/C16H15F3N2O3S/c1-24-14-7-6-12(21(22)23)8-11(14)9-20-13-4-2-3-5-15(13)25-10-16(17,18)19/h2-8,20H,9-10H2,1H3. The molecule has 1 N–H and O–H groups in total. The van der Waals surface area contributed by atoms with Crippen molar-refractivity contribution in [3.8, 4) is 5.75 Å². The lowest BCUT2D eigenvalue weighted by Gasteiger charge is -2.14. The van der Waals surface area contributed by atoms with Crippen LogP contribution in [0.25, 0.3) is 0 Å². The first-order chi connectivity index (χ1) is 11.8. The van der Waals surface area contributed by atoms with Crippen LogP contribution in [0.2, 0.25) is 0 Å². The summed E-state index contributed by atoms with van der Waals surface area (Å²) in [6, 6.07) is 10.8. The maximum absolute atomic E-state index is 12.4. The summed E-state index contributed by atoms with van der Waals surface area (Å²) >= 11 is 0.680. The van der Waals surface area contributed by atoms with Gasteiger partial charge >= 0.3 is 6.18 Å². The monoisotopic (exact) mass is 372 g/mol. The second-order valence-corrected chi connectivity index (χ2v) is 6.02. The number of nitrogens with zero attached hydrogens (tertiary/aromatic N) is 1. The smallest absolute Gasteiger partial charge is 0.398 e. The molecule has 0 aromatic heterocycles. The quantitative estimate of drug-likeness (QED) is 0.427. The van der Waals surface area contributed by atoms with Gasteiger partial charge in [-0.25, -0.2) is 0 Å². The summed E-state index contributed by atoms with van der Waals surface area (Å²) in [5.41, 5.74) is 0.968. The fourth-order valence-corrected chi connectivity index (χ4v) is 2.89. The van der Waals surface area contributed by atoms with E-state index in [1.165, 1.54) is 25.3 Å². The normalized spacial score (nSPS) is 11.2. The zero-order valence-corrected chi connectivity index (χ0v) is 14.0. The molecule has 134 valence electrons. The predicted molar refractivity (Wildman–Crippen MR) is 90.2 cm³/mol. The van der Waals surface area contributed by atoms with E-state index in [1.54, 1.807) is 24.3 Å². The van der Waals surface area contributed by atoms with E-state index in [9.17, 15) is 23.3 Å². The maximum atomic E-state index is 12.4. The van der Waals surface area contributed by atoms with Gasteiger partial charge in [0.05, 0.1) is 17.8 Å². The number of halogens is 3. The number of benzene rings is 2. The minimum atomic E-state index is -4.26. The van der Waals surface area contributed by atoms with E-state index in [4.69, 9.17) is 4.74 Å². The Hall–Kier alpha value is -2.42. The number of anilines is 1. The van der Waals surface area contributed by atoms with E-state index in [0.717, 1.165) is 0 Å². The van der Waals surface area contributed by atoms with Crippen molar-refractivity contribution in [2.75, 3.05) is 18.2 Å². The van der Waals surface area contributed by atoms with Crippen molar-refractivity contribution in [3.05, 3.63) is 58.1 Å². The summed E-state index contributed by atoms with van der Waals surface area (Å²) in [7, 11) is 1.44. The van der Waals surface area contributed by atoms with Crippen molar-refractivity contribution >= 4 is 23.1 Å². The van der Waals surface area contributed by atoms with Gasteiger partial charge in [-0.15, -0.1) is 11.8 Å². The van der Waals surface area contributed by atoms with E-state index in [1.807, 2.05) is 0 Å². The lowest BCUT2D eigenvalue weighted by molar-refractivity contribution is -0.384. The summed E-state index contributed by atoms with van der Waals surface area (Å²) in [4.78, 5) is 10.8. The van der Waals surface area contributed by atoms with Gasteiger partial charge in [-0.2, -0.15) is 13.2 Å². The molecule has 0 saturated heterocycles. The SMILES string of the molecule is COc1ccc([N+](=O)[O-])cc1CNc1ccccc1SCC(F)(F)F. The van der Waals surface area contributed by atoms with Crippen molar-refractivity contribution in [1.82, 2.24) is 0 Å².